The summed E-state index contributed by atoms with van der Waals surface area (Å²) in [6, 6.07) is 9.42. The monoisotopic (exact) mass is 513 g/mol. The second-order valence-electron chi connectivity index (χ2n) is 7.75. The average Bonchev–Trinajstić information content (AvgIpc) is 2.65. The number of nitrogens with one attached hydrogen (secondary N) is 1. The van der Waals surface area contributed by atoms with Crippen LogP contribution in [0.15, 0.2) is 40.9 Å². The average molecular weight is 515 g/mol. The quantitative estimate of drug-likeness (QED) is 0.502. The van der Waals surface area contributed by atoms with Gasteiger partial charge in [-0.1, -0.05) is 23.7 Å². The molecule has 0 aliphatic carbocycles. The fraction of sp³-hybridized carbons (Fsp3) is 0.364. The highest BCUT2D eigenvalue weighted by atomic mass is 79.9. The van der Waals surface area contributed by atoms with Crippen LogP contribution in [0.2, 0.25) is 5.02 Å². The van der Waals surface area contributed by atoms with Crippen LogP contribution in [0.4, 0.5) is 4.79 Å². The predicted molar refractivity (Wildman–Crippen MR) is 121 cm³/mol. The van der Waals surface area contributed by atoms with Crippen molar-refractivity contribution in [3.05, 3.63) is 57.0 Å². The highest BCUT2D eigenvalue weighted by Crippen LogP contribution is 2.34. The Hall–Kier alpha value is -2.45. The lowest BCUT2D eigenvalue weighted by molar-refractivity contribution is -0.139. The summed E-state index contributed by atoms with van der Waals surface area (Å²) in [5, 5.41) is 12.4. The molecule has 2 N–H and O–H groups in total. The fourth-order valence-corrected chi connectivity index (χ4v) is 3.66. The third-order valence-electron chi connectivity index (χ3n) is 4.04. The first kappa shape index (κ1) is 24.8. The number of alkyl carbamates (subject to hydrolysis) is 1. The zero-order valence-corrected chi connectivity index (χ0v) is 20.0. The van der Waals surface area contributed by atoms with E-state index in [-0.39, 0.29) is 13.0 Å². The number of halogens is 2. The Bertz CT molecular complexity index is 927. The molecule has 0 aliphatic heterocycles. The third kappa shape index (κ3) is 7.95. The summed E-state index contributed by atoms with van der Waals surface area (Å²) in [5.74, 6) is -0.0323. The first-order valence-electron chi connectivity index (χ1n) is 9.44. The van der Waals surface area contributed by atoms with E-state index in [2.05, 4.69) is 21.2 Å². The number of amides is 1. The van der Waals surface area contributed by atoms with Gasteiger partial charge < -0.3 is 24.6 Å². The van der Waals surface area contributed by atoms with E-state index in [1.807, 2.05) is 24.3 Å². The molecule has 2 aromatic rings. The van der Waals surface area contributed by atoms with Gasteiger partial charge in [0.05, 0.1) is 11.6 Å². The number of carboxylic acid groups (broad SMARTS) is 1. The molecule has 1 amide bonds. The summed E-state index contributed by atoms with van der Waals surface area (Å²) in [7, 11) is 1.59. The van der Waals surface area contributed by atoms with Gasteiger partial charge in [0.15, 0.2) is 0 Å². The van der Waals surface area contributed by atoms with Gasteiger partial charge in [0.2, 0.25) is 0 Å². The van der Waals surface area contributed by atoms with Crippen molar-refractivity contribution in [2.75, 3.05) is 7.11 Å². The van der Waals surface area contributed by atoms with Crippen LogP contribution in [0.25, 0.3) is 0 Å². The van der Waals surface area contributed by atoms with Crippen molar-refractivity contribution in [1.82, 2.24) is 5.32 Å². The van der Waals surface area contributed by atoms with Crippen molar-refractivity contribution in [3.63, 3.8) is 0 Å². The summed E-state index contributed by atoms with van der Waals surface area (Å²) < 4.78 is 16.9. The molecule has 7 nitrogen and oxygen atoms in total. The molecule has 2 rings (SSSR count). The van der Waals surface area contributed by atoms with Crippen molar-refractivity contribution in [1.29, 1.82) is 0 Å². The molecule has 0 saturated heterocycles. The van der Waals surface area contributed by atoms with E-state index in [9.17, 15) is 14.7 Å². The Kier molecular flexibility index (Phi) is 8.59. The molecule has 0 heterocycles. The number of carbonyl (C=O) groups excluding carboxylic acids is 1. The minimum atomic E-state index is -1.23. The third-order valence-corrected chi connectivity index (χ3v) is 4.85. The lowest BCUT2D eigenvalue weighted by atomic mass is 10.0. The second kappa shape index (κ2) is 10.7. The lowest BCUT2D eigenvalue weighted by Gasteiger charge is -2.22. The number of rotatable bonds is 8. The SMILES string of the molecule is COc1ccc(COc2c(Br)cc(Cl)cc2C[C@H](NC(=O)OC(C)(C)C)C(=O)O)cc1. The van der Waals surface area contributed by atoms with E-state index in [0.717, 1.165) is 11.3 Å². The topological polar surface area (TPSA) is 94.1 Å². The van der Waals surface area contributed by atoms with E-state index >= 15 is 0 Å². The Morgan fingerprint density at radius 1 is 1.19 bits per heavy atom. The Morgan fingerprint density at radius 2 is 1.84 bits per heavy atom. The van der Waals surface area contributed by atoms with Crippen LogP contribution >= 0.6 is 27.5 Å². The van der Waals surface area contributed by atoms with E-state index in [1.54, 1.807) is 40.0 Å². The summed E-state index contributed by atoms with van der Waals surface area (Å²) in [5.41, 5.74) is 0.672. The number of aliphatic carboxylic acids is 1. The van der Waals surface area contributed by atoms with E-state index < -0.39 is 23.7 Å². The van der Waals surface area contributed by atoms with Gasteiger partial charge in [-0.25, -0.2) is 9.59 Å². The molecular formula is C22H25BrClNO6. The molecule has 0 radical (unpaired) electrons. The van der Waals surface area contributed by atoms with E-state index in [4.69, 9.17) is 25.8 Å². The van der Waals surface area contributed by atoms with Crippen molar-refractivity contribution >= 4 is 39.6 Å². The number of carbonyl (C=O) groups is 2. The molecule has 1 atom stereocenters. The van der Waals surface area contributed by atoms with Crippen LogP contribution < -0.4 is 14.8 Å². The first-order valence-corrected chi connectivity index (χ1v) is 10.6. The molecule has 0 saturated carbocycles. The van der Waals surface area contributed by atoms with Crippen molar-refractivity contribution in [3.8, 4) is 11.5 Å². The number of hydrogen-bond donors (Lipinski definition) is 2. The molecule has 31 heavy (non-hydrogen) atoms. The summed E-state index contributed by atoms with van der Waals surface area (Å²) in [6.07, 6.45) is -0.868. The maximum Gasteiger partial charge on any atom is 0.408 e. The van der Waals surface area contributed by atoms with Gasteiger partial charge in [-0.2, -0.15) is 0 Å². The first-order chi connectivity index (χ1) is 14.5. The van der Waals surface area contributed by atoms with Crippen molar-refractivity contribution < 1.29 is 28.9 Å². The molecule has 0 aromatic heterocycles. The summed E-state index contributed by atoms with van der Waals surface area (Å²) in [6.45, 7) is 5.33. The predicted octanol–water partition coefficient (Wildman–Crippen LogP) is 5.21. The Balaban J connectivity index is 2.21. The van der Waals surface area contributed by atoms with Crippen LogP contribution in [0.1, 0.15) is 31.9 Å². The van der Waals surface area contributed by atoms with Gasteiger partial charge >= 0.3 is 12.1 Å². The maximum absolute atomic E-state index is 12.1. The van der Waals surface area contributed by atoms with Crippen LogP contribution in [0.5, 0.6) is 11.5 Å². The normalized spacial score (nSPS) is 12.1. The van der Waals surface area contributed by atoms with Crippen LogP contribution in [0, 0.1) is 0 Å². The number of methoxy groups -OCH3 is 1. The molecule has 9 heteroatoms. The molecule has 0 fully saturated rings. The van der Waals surface area contributed by atoms with E-state index in [1.165, 1.54) is 0 Å². The smallest absolute Gasteiger partial charge is 0.408 e. The highest BCUT2D eigenvalue weighted by molar-refractivity contribution is 9.10. The number of benzene rings is 2. The molecule has 0 unspecified atom stereocenters. The minimum Gasteiger partial charge on any atom is -0.497 e. The number of hydrogen-bond acceptors (Lipinski definition) is 5. The summed E-state index contributed by atoms with van der Waals surface area (Å²) in [4.78, 5) is 23.8. The number of ether oxygens (including phenoxy) is 3. The maximum atomic E-state index is 12.1. The highest BCUT2D eigenvalue weighted by Gasteiger charge is 2.26. The van der Waals surface area contributed by atoms with E-state index in [0.29, 0.717) is 20.8 Å². The largest absolute Gasteiger partial charge is 0.497 e. The van der Waals surface area contributed by atoms with Crippen molar-refractivity contribution in [2.24, 2.45) is 0 Å². The van der Waals surface area contributed by atoms with Gasteiger partial charge in [0, 0.05) is 11.4 Å². The molecule has 0 aliphatic rings. The minimum absolute atomic E-state index is 0.0499. The van der Waals surface area contributed by atoms with Gasteiger partial charge in [-0.05, 0) is 72.1 Å². The number of carboxylic acids is 1. The van der Waals surface area contributed by atoms with Gasteiger partial charge in [0.1, 0.15) is 29.7 Å². The molecule has 0 spiro atoms. The molecule has 0 bridgehead atoms. The summed E-state index contributed by atoms with van der Waals surface area (Å²) >= 11 is 9.59. The zero-order chi connectivity index (χ0) is 23.2. The van der Waals surface area contributed by atoms with Gasteiger partial charge in [-0.3, -0.25) is 0 Å². The van der Waals surface area contributed by atoms with Crippen LogP contribution in [-0.2, 0) is 22.6 Å². The van der Waals surface area contributed by atoms with Crippen LogP contribution in [-0.4, -0.2) is 35.9 Å². The fourth-order valence-electron chi connectivity index (χ4n) is 2.67. The molecule has 2 aromatic carbocycles. The van der Waals surface area contributed by atoms with Gasteiger partial charge in [-0.15, -0.1) is 0 Å². The molecule has 168 valence electrons. The van der Waals surface area contributed by atoms with Crippen molar-refractivity contribution in [2.45, 2.75) is 45.4 Å². The van der Waals surface area contributed by atoms with Gasteiger partial charge in [0.25, 0.3) is 0 Å². The zero-order valence-electron chi connectivity index (χ0n) is 17.7. The van der Waals surface area contributed by atoms with Crippen LogP contribution in [0.3, 0.4) is 0 Å². The molecular weight excluding hydrogens is 490 g/mol. The second-order valence-corrected chi connectivity index (χ2v) is 9.04. The Labute approximate surface area is 194 Å². The Morgan fingerprint density at radius 3 is 2.39 bits per heavy atom. The standard InChI is InChI=1S/C22H25BrClNO6/c1-22(2,3)31-21(28)25-18(20(26)27)10-14-9-15(24)11-17(23)19(14)30-12-13-5-7-16(29-4)8-6-13/h5-9,11,18H,10,12H2,1-4H3,(H,25,28)(H,26,27)/t18-/m0/s1. The lowest BCUT2D eigenvalue weighted by Crippen LogP contribution is -2.44.